The number of nitrogens with one attached hydrogen (secondary N) is 1. The number of halogens is 3. The van der Waals surface area contributed by atoms with Crippen LogP contribution < -0.4 is 5.32 Å². The van der Waals surface area contributed by atoms with Gasteiger partial charge in [0.2, 0.25) is 0 Å². The van der Waals surface area contributed by atoms with Gasteiger partial charge in [-0.05, 0) is 17.7 Å². The predicted octanol–water partition coefficient (Wildman–Crippen LogP) is 3.44. The fraction of sp³-hybridized carbons (Fsp3) is 0.167. The molecule has 26 heavy (non-hydrogen) atoms. The summed E-state index contributed by atoms with van der Waals surface area (Å²) in [4.78, 5) is 16.4. The summed E-state index contributed by atoms with van der Waals surface area (Å²) in [5, 5.41) is 6.48. The van der Waals surface area contributed by atoms with Gasteiger partial charge < -0.3 is 5.32 Å². The Hall–Kier alpha value is -3.16. The van der Waals surface area contributed by atoms with Gasteiger partial charge in [0.15, 0.2) is 0 Å². The molecule has 1 amide bonds. The zero-order valence-corrected chi connectivity index (χ0v) is 13.6. The number of rotatable bonds is 5. The molecule has 0 unspecified atom stereocenters. The molecule has 0 aliphatic rings. The van der Waals surface area contributed by atoms with Crippen LogP contribution in [-0.4, -0.2) is 26.8 Å². The third kappa shape index (κ3) is 4.27. The smallest absolute Gasteiger partial charge is 0.348 e. The van der Waals surface area contributed by atoms with E-state index in [-0.39, 0.29) is 17.8 Å². The second kappa shape index (κ2) is 7.38. The molecule has 0 atom stereocenters. The standard InChI is InChI=1S/C18H15F3N4O/c19-18(20,21)12-25-16(14-4-2-1-3-5-14)15(11-24-25)17(26)23-10-13-6-8-22-9-7-13/h1-9,11H,10,12H2,(H,23,26). The summed E-state index contributed by atoms with van der Waals surface area (Å²) in [6, 6.07) is 11.9. The van der Waals surface area contributed by atoms with E-state index in [0.29, 0.717) is 5.56 Å². The number of hydrogen-bond acceptors (Lipinski definition) is 3. The second-order valence-corrected chi connectivity index (χ2v) is 5.58. The van der Waals surface area contributed by atoms with Crippen molar-refractivity contribution < 1.29 is 18.0 Å². The summed E-state index contributed by atoms with van der Waals surface area (Å²) < 4.78 is 39.4. The number of alkyl halides is 3. The fourth-order valence-corrected chi connectivity index (χ4v) is 2.52. The summed E-state index contributed by atoms with van der Waals surface area (Å²) in [6.45, 7) is -1.03. The summed E-state index contributed by atoms with van der Waals surface area (Å²) in [5.41, 5.74) is 1.55. The summed E-state index contributed by atoms with van der Waals surface area (Å²) in [6.07, 6.45) is -0.0905. The van der Waals surface area contributed by atoms with Crippen molar-refractivity contribution in [1.82, 2.24) is 20.1 Å². The van der Waals surface area contributed by atoms with E-state index >= 15 is 0 Å². The van der Waals surface area contributed by atoms with Gasteiger partial charge in [-0.2, -0.15) is 18.3 Å². The van der Waals surface area contributed by atoms with Crippen molar-refractivity contribution >= 4 is 5.91 Å². The van der Waals surface area contributed by atoms with Gasteiger partial charge in [-0.3, -0.25) is 14.5 Å². The minimum atomic E-state index is -4.44. The van der Waals surface area contributed by atoms with Gasteiger partial charge >= 0.3 is 6.18 Å². The monoisotopic (exact) mass is 360 g/mol. The molecule has 2 aromatic heterocycles. The van der Waals surface area contributed by atoms with Crippen LogP contribution in [0.2, 0.25) is 0 Å². The highest BCUT2D eigenvalue weighted by Crippen LogP contribution is 2.27. The molecule has 0 aliphatic carbocycles. The van der Waals surface area contributed by atoms with Crippen LogP contribution in [-0.2, 0) is 13.1 Å². The van der Waals surface area contributed by atoms with Crippen molar-refractivity contribution in [2.45, 2.75) is 19.3 Å². The van der Waals surface area contributed by atoms with Crippen LogP contribution in [0.25, 0.3) is 11.3 Å². The van der Waals surface area contributed by atoms with E-state index in [0.717, 1.165) is 16.4 Å². The molecule has 0 saturated carbocycles. The van der Waals surface area contributed by atoms with Crippen molar-refractivity contribution in [1.29, 1.82) is 0 Å². The molecule has 0 bridgehead atoms. The third-order valence-electron chi connectivity index (χ3n) is 3.66. The van der Waals surface area contributed by atoms with E-state index in [2.05, 4.69) is 15.4 Å². The molecule has 1 N–H and O–H groups in total. The molecule has 0 aliphatic heterocycles. The third-order valence-corrected chi connectivity index (χ3v) is 3.66. The first-order chi connectivity index (χ1) is 12.4. The quantitative estimate of drug-likeness (QED) is 0.758. The first-order valence-electron chi connectivity index (χ1n) is 7.79. The number of hydrogen-bond donors (Lipinski definition) is 1. The SMILES string of the molecule is O=C(NCc1ccncc1)c1cnn(CC(F)(F)F)c1-c1ccccc1. The maximum atomic E-state index is 12.8. The average molecular weight is 360 g/mol. The highest BCUT2D eigenvalue weighted by atomic mass is 19.4. The lowest BCUT2D eigenvalue weighted by Crippen LogP contribution is -2.24. The summed E-state index contributed by atoms with van der Waals surface area (Å²) in [5.74, 6) is -0.492. The van der Waals surface area contributed by atoms with Gasteiger partial charge in [0, 0.05) is 24.5 Å². The van der Waals surface area contributed by atoms with E-state index in [1.807, 2.05) is 0 Å². The van der Waals surface area contributed by atoms with Gasteiger partial charge in [-0.25, -0.2) is 0 Å². The molecule has 1 aromatic carbocycles. The normalized spacial score (nSPS) is 11.3. The Labute approximate surface area is 147 Å². The molecule has 2 heterocycles. The molecule has 3 rings (SSSR count). The fourth-order valence-electron chi connectivity index (χ4n) is 2.52. The van der Waals surface area contributed by atoms with Crippen LogP contribution in [0.3, 0.4) is 0 Å². The van der Waals surface area contributed by atoms with Crippen LogP contribution in [0.1, 0.15) is 15.9 Å². The number of carbonyl (C=O) groups is 1. The van der Waals surface area contributed by atoms with E-state index in [4.69, 9.17) is 0 Å². The molecule has 0 fully saturated rings. The van der Waals surface area contributed by atoms with Gasteiger partial charge in [0.1, 0.15) is 6.54 Å². The number of carbonyl (C=O) groups excluding carboxylic acids is 1. The Balaban J connectivity index is 1.90. The Morgan fingerprint density at radius 2 is 1.77 bits per heavy atom. The van der Waals surface area contributed by atoms with E-state index < -0.39 is 18.6 Å². The molecule has 0 radical (unpaired) electrons. The minimum Gasteiger partial charge on any atom is -0.348 e. The lowest BCUT2D eigenvalue weighted by Gasteiger charge is -2.12. The topological polar surface area (TPSA) is 59.8 Å². The molecule has 0 saturated heterocycles. The highest BCUT2D eigenvalue weighted by molar-refractivity contribution is 5.99. The summed E-state index contributed by atoms with van der Waals surface area (Å²) in [7, 11) is 0. The zero-order chi connectivity index (χ0) is 18.6. The maximum absolute atomic E-state index is 12.8. The van der Waals surface area contributed by atoms with Crippen molar-refractivity contribution in [2.24, 2.45) is 0 Å². The molecular weight excluding hydrogens is 345 g/mol. The van der Waals surface area contributed by atoms with Gasteiger partial charge in [0.25, 0.3) is 5.91 Å². The molecule has 8 heteroatoms. The molecule has 5 nitrogen and oxygen atoms in total. The average Bonchev–Trinajstić information content (AvgIpc) is 3.03. The first-order valence-corrected chi connectivity index (χ1v) is 7.79. The van der Waals surface area contributed by atoms with Crippen LogP contribution in [0.5, 0.6) is 0 Å². The predicted molar refractivity (Wildman–Crippen MR) is 89.1 cm³/mol. The van der Waals surface area contributed by atoms with Gasteiger partial charge in [0.05, 0.1) is 17.5 Å². The van der Waals surface area contributed by atoms with Crippen LogP contribution >= 0.6 is 0 Å². The number of aromatic nitrogens is 3. The minimum absolute atomic E-state index is 0.0921. The van der Waals surface area contributed by atoms with E-state index in [1.165, 1.54) is 0 Å². The largest absolute Gasteiger partial charge is 0.408 e. The van der Waals surface area contributed by atoms with Crippen molar-refractivity contribution in [3.63, 3.8) is 0 Å². The van der Waals surface area contributed by atoms with E-state index in [9.17, 15) is 18.0 Å². The van der Waals surface area contributed by atoms with Crippen LogP contribution in [0.4, 0.5) is 13.2 Å². The lowest BCUT2D eigenvalue weighted by molar-refractivity contribution is -0.142. The number of amides is 1. The van der Waals surface area contributed by atoms with Crippen LogP contribution in [0.15, 0.2) is 61.1 Å². The van der Waals surface area contributed by atoms with Gasteiger partial charge in [-0.1, -0.05) is 30.3 Å². The molecule has 0 spiro atoms. The highest BCUT2D eigenvalue weighted by Gasteiger charge is 2.31. The van der Waals surface area contributed by atoms with Crippen LogP contribution in [0, 0.1) is 0 Å². The molecule has 134 valence electrons. The Morgan fingerprint density at radius 1 is 1.08 bits per heavy atom. The molecule has 3 aromatic rings. The van der Waals surface area contributed by atoms with Gasteiger partial charge in [-0.15, -0.1) is 0 Å². The number of benzene rings is 1. The Morgan fingerprint density at radius 3 is 2.42 bits per heavy atom. The number of pyridine rings is 1. The van der Waals surface area contributed by atoms with Crippen molar-refractivity contribution in [3.05, 3.63) is 72.2 Å². The first kappa shape index (κ1) is 17.7. The Kier molecular flexibility index (Phi) is 5.01. The van der Waals surface area contributed by atoms with Crippen molar-refractivity contribution in [3.8, 4) is 11.3 Å². The lowest BCUT2D eigenvalue weighted by atomic mass is 10.1. The molecular formula is C18H15F3N4O. The number of nitrogens with zero attached hydrogens (tertiary/aromatic N) is 3. The Bertz CT molecular complexity index is 876. The van der Waals surface area contributed by atoms with E-state index in [1.54, 1.807) is 54.9 Å². The second-order valence-electron chi connectivity index (χ2n) is 5.58. The summed E-state index contributed by atoms with van der Waals surface area (Å²) >= 11 is 0. The van der Waals surface area contributed by atoms with Crippen molar-refractivity contribution in [2.75, 3.05) is 0 Å². The maximum Gasteiger partial charge on any atom is 0.408 e. The zero-order valence-electron chi connectivity index (χ0n) is 13.6.